The minimum Gasteiger partial charge on any atom is -0.454 e. The van der Waals surface area contributed by atoms with Crippen molar-refractivity contribution in [3.05, 3.63) is 23.8 Å². The summed E-state index contributed by atoms with van der Waals surface area (Å²) in [5, 5.41) is 3.44. The number of nitrogens with one attached hydrogen (secondary N) is 1. The molecule has 94 valence electrons. The molecule has 1 aromatic rings. The Morgan fingerprint density at radius 1 is 1.47 bits per heavy atom. The van der Waals surface area contributed by atoms with Gasteiger partial charge in [-0.05, 0) is 13.0 Å². The third kappa shape index (κ3) is 2.98. The van der Waals surface area contributed by atoms with Gasteiger partial charge in [-0.25, -0.2) is 0 Å². The van der Waals surface area contributed by atoms with Crippen molar-refractivity contribution >= 4 is 10.8 Å². The number of hydrogen-bond donors (Lipinski definition) is 1. The van der Waals surface area contributed by atoms with E-state index in [4.69, 9.17) is 9.47 Å². The van der Waals surface area contributed by atoms with Gasteiger partial charge in [0.1, 0.15) is 0 Å². The van der Waals surface area contributed by atoms with Gasteiger partial charge in [-0.1, -0.05) is 12.1 Å². The molecule has 1 aliphatic rings. The predicted octanol–water partition coefficient (Wildman–Crippen LogP) is 1.27. The van der Waals surface area contributed by atoms with Crippen LogP contribution in [0.4, 0.5) is 0 Å². The fraction of sp³-hybridized carbons (Fsp3) is 0.500. The summed E-state index contributed by atoms with van der Waals surface area (Å²) in [5.74, 6) is 1.63. The highest BCUT2D eigenvalue weighted by atomic mass is 32.2. The second kappa shape index (κ2) is 5.51. The molecule has 0 aliphatic carbocycles. The van der Waals surface area contributed by atoms with E-state index in [0.29, 0.717) is 13.3 Å². The molecule has 1 aliphatic heterocycles. The van der Waals surface area contributed by atoms with Crippen LogP contribution < -0.4 is 14.8 Å². The minimum absolute atomic E-state index is 0.156. The van der Waals surface area contributed by atoms with Crippen molar-refractivity contribution in [1.29, 1.82) is 0 Å². The van der Waals surface area contributed by atoms with Crippen LogP contribution in [-0.2, 0) is 17.3 Å². The molecule has 0 saturated carbocycles. The van der Waals surface area contributed by atoms with Crippen LogP contribution in [0, 0.1) is 0 Å². The highest BCUT2D eigenvalue weighted by Gasteiger charge is 2.16. The van der Waals surface area contributed by atoms with Gasteiger partial charge in [-0.3, -0.25) is 4.21 Å². The summed E-state index contributed by atoms with van der Waals surface area (Å²) in [5.41, 5.74) is 1.08. The first-order valence-corrected chi connectivity index (χ1v) is 7.21. The summed E-state index contributed by atoms with van der Waals surface area (Å²) in [7, 11) is -0.786. The van der Waals surface area contributed by atoms with Crippen molar-refractivity contribution in [3.63, 3.8) is 0 Å². The largest absolute Gasteiger partial charge is 0.454 e. The second-order valence-corrected chi connectivity index (χ2v) is 5.89. The van der Waals surface area contributed by atoms with E-state index < -0.39 is 10.8 Å². The molecule has 1 aromatic carbocycles. The van der Waals surface area contributed by atoms with Crippen molar-refractivity contribution in [2.24, 2.45) is 0 Å². The molecule has 1 N–H and O–H groups in total. The average molecular weight is 255 g/mol. The first-order valence-electron chi connectivity index (χ1n) is 5.59. The molecule has 0 amide bonds. The SMILES string of the molecule is CC(CNCc1cccc2c1OCO2)S(C)=O. The molecule has 2 rings (SSSR count). The zero-order chi connectivity index (χ0) is 12.3. The van der Waals surface area contributed by atoms with Crippen LogP contribution in [0.2, 0.25) is 0 Å². The van der Waals surface area contributed by atoms with E-state index in [9.17, 15) is 4.21 Å². The molecule has 0 radical (unpaired) electrons. The van der Waals surface area contributed by atoms with Crippen molar-refractivity contribution in [3.8, 4) is 11.5 Å². The van der Waals surface area contributed by atoms with Crippen LogP contribution in [0.25, 0.3) is 0 Å². The van der Waals surface area contributed by atoms with Gasteiger partial charge in [0.15, 0.2) is 11.5 Å². The number of benzene rings is 1. The Kier molecular flexibility index (Phi) is 4.02. The highest BCUT2D eigenvalue weighted by molar-refractivity contribution is 7.84. The van der Waals surface area contributed by atoms with Gasteiger partial charge in [0.25, 0.3) is 0 Å². The van der Waals surface area contributed by atoms with Crippen molar-refractivity contribution in [2.75, 3.05) is 19.6 Å². The lowest BCUT2D eigenvalue weighted by Gasteiger charge is -2.11. The van der Waals surface area contributed by atoms with Gasteiger partial charge < -0.3 is 14.8 Å². The van der Waals surface area contributed by atoms with E-state index >= 15 is 0 Å². The quantitative estimate of drug-likeness (QED) is 0.861. The fourth-order valence-electron chi connectivity index (χ4n) is 1.66. The maximum atomic E-state index is 11.2. The summed E-state index contributed by atoms with van der Waals surface area (Å²) < 4.78 is 21.9. The van der Waals surface area contributed by atoms with E-state index in [1.807, 2.05) is 25.1 Å². The van der Waals surface area contributed by atoms with Crippen LogP contribution in [0.1, 0.15) is 12.5 Å². The Balaban J connectivity index is 1.92. The topological polar surface area (TPSA) is 47.6 Å². The number of hydrogen-bond acceptors (Lipinski definition) is 4. The Hall–Kier alpha value is -1.07. The third-order valence-electron chi connectivity index (χ3n) is 2.79. The van der Waals surface area contributed by atoms with Gasteiger partial charge >= 0.3 is 0 Å². The Bertz CT molecular complexity index is 422. The summed E-state index contributed by atoms with van der Waals surface area (Å²) >= 11 is 0. The van der Waals surface area contributed by atoms with Gasteiger partial charge in [-0.15, -0.1) is 0 Å². The van der Waals surface area contributed by atoms with Crippen LogP contribution in [0.15, 0.2) is 18.2 Å². The Morgan fingerprint density at radius 2 is 2.29 bits per heavy atom. The standard InChI is InChI=1S/C12H17NO3S/c1-9(17(2)14)6-13-7-10-4-3-5-11-12(10)16-8-15-11/h3-5,9,13H,6-8H2,1-2H3. The molecule has 0 spiro atoms. The smallest absolute Gasteiger partial charge is 0.231 e. The van der Waals surface area contributed by atoms with E-state index in [1.54, 1.807) is 6.26 Å². The normalized spacial score (nSPS) is 16.8. The predicted molar refractivity (Wildman–Crippen MR) is 67.8 cm³/mol. The zero-order valence-electron chi connectivity index (χ0n) is 10.1. The molecule has 0 bridgehead atoms. The zero-order valence-corrected chi connectivity index (χ0v) is 10.9. The van der Waals surface area contributed by atoms with Gasteiger partial charge in [0, 0.05) is 41.0 Å². The van der Waals surface area contributed by atoms with Crippen LogP contribution in [0.3, 0.4) is 0 Å². The van der Waals surface area contributed by atoms with E-state index in [0.717, 1.165) is 23.6 Å². The maximum Gasteiger partial charge on any atom is 0.231 e. The summed E-state index contributed by atoms with van der Waals surface area (Å²) in [4.78, 5) is 0. The summed E-state index contributed by atoms with van der Waals surface area (Å²) in [6, 6.07) is 5.86. The Labute approximate surface area is 104 Å². The van der Waals surface area contributed by atoms with E-state index in [2.05, 4.69) is 5.32 Å². The van der Waals surface area contributed by atoms with Gasteiger partial charge in [0.05, 0.1) is 0 Å². The number of fused-ring (bicyclic) bond motifs is 1. The van der Waals surface area contributed by atoms with Gasteiger partial charge in [0.2, 0.25) is 6.79 Å². The third-order valence-corrected chi connectivity index (χ3v) is 4.09. The molecule has 2 unspecified atom stereocenters. The number of rotatable bonds is 5. The lowest BCUT2D eigenvalue weighted by atomic mass is 10.2. The fourth-order valence-corrected chi connectivity index (χ4v) is 2.01. The molecule has 0 fully saturated rings. The van der Waals surface area contributed by atoms with Crippen molar-refractivity contribution < 1.29 is 13.7 Å². The molecule has 5 heteroatoms. The Morgan fingerprint density at radius 3 is 3.06 bits per heavy atom. The molecule has 4 nitrogen and oxygen atoms in total. The van der Waals surface area contributed by atoms with E-state index in [1.165, 1.54) is 0 Å². The van der Waals surface area contributed by atoms with Crippen molar-refractivity contribution in [2.45, 2.75) is 18.7 Å². The molecule has 17 heavy (non-hydrogen) atoms. The molecule has 0 aromatic heterocycles. The second-order valence-electron chi connectivity index (χ2n) is 4.09. The lowest BCUT2D eigenvalue weighted by Crippen LogP contribution is -2.27. The highest BCUT2D eigenvalue weighted by Crippen LogP contribution is 2.35. The molecular weight excluding hydrogens is 238 g/mol. The average Bonchev–Trinajstić information content (AvgIpc) is 2.77. The van der Waals surface area contributed by atoms with Crippen LogP contribution in [-0.4, -0.2) is 29.1 Å². The summed E-state index contributed by atoms with van der Waals surface area (Å²) in [6.07, 6.45) is 1.73. The maximum absolute atomic E-state index is 11.2. The van der Waals surface area contributed by atoms with Crippen LogP contribution >= 0.6 is 0 Å². The molecular formula is C12H17NO3S. The minimum atomic E-state index is -0.786. The van der Waals surface area contributed by atoms with E-state index in [-0.39, 0.29) is 5.25 Å². The molecule has 1 heterocycles. The monoisotopic (exact) mass is 255 g/mol. The molecule has 2 atom stereocenters. The first-order chi connectivity index (χ1) is 8.18. The first kappa shape index (κ1) is 12.4. The van der Waals surface area contributed by atoms with Gasteiger partial charge in [-0.2, -0.15) is 0 Å². The van der Waals surface area contributed by atoms with Crippen molar-refractivity contribution in [1.82, 2.24) is 5.32 Å². The number of ether oxygens (including phenoxy) is 2. The van der Waals surface area contributed by atoms with Crippen LogP contribution in [0.5, 0.6) is 11.5 Å². The molecule has 0 saturated heterocycles. The summed E-state index contributed by atoms with van der Waals surface area (Å²) in [6.45, 7) is 3.70. The number of para-hydroxylation sites is 1. The lowest BCUT2D eigenvalue weighted by molar-refractivity contribution is 0.173.